The van der Waals surface area contributed by atoms with Crippen LogP contribution in [0.4, 0.5) is 34.6 Å². The molecule has 246 valence electrons. The Morgan fingerprint density at radius 1 is 0.288 bits per heavy atom. The summed E-state index contributed by atoms with van der Waals surface area (Å²) >= 11 is 0. The third-order valence-electron chi connectivity index (χ3n) is 8.96. The number of anilines is 6. The van der Waals surface area contributed by atoms with Gasteiger partial charge in [-0.1, -0.05) is 48.5 Å². The molecular formula is C44H30N8. The van der Waals surface area contributed by atoms with Crippen molar-refractivity contribution in [3.63, 3.8) is 0 Å². The van der Waals surface area contributed by atoms with Crippen LogP contribution in [0.15, 0.2) is 183 Å². The van der Waals surface area contributed by atoms with E-state index in [0.717, 1.165) is 78.7 Å². The van der Waals surface area contributed by atoms with Crippen LogP contribution in [-0.2, 0) is 0 Å². The molecule has 6 aromatic heterocycles. The summed E-state index contributed by atoms with van der Waals surface area (Å²) in [5.74, 6) is 3.03. The van der Waals surface area contributed by atoms with Gasteiger partial charge in [0, 0.05) is 59.7 Å². The van der Waals surface area contributed by atoms with Crippen LogP contribution >= 0.6 is 0 Å². The van der Waals surface area contributed by atoms with Gasteiger partial charge >= 0.3 is 0 Å². The molecule has 8 heteroatoms. The highest BCUT2D eigenvalue weighted by Crippen LogP contribution is 2.47. The highest BCUT2D eigenvalue weighted by atomic mass is 15.2. The molecule has 0 aliphatic rings. The second kappa shape index (κ2) is 13.5. The van der Waals surface area contributed by atoms with Gasteiger partial charge in [0.25, 0.3) is 0 Å². The van der Waals surface area contributed by atoms with Crippen molar-refractivity contribution in [1.29, 1.82) is 0 Å². The Balaban J connectivity index is 1.39. The molecule has 9 aromatic rings. The lowest BCUT2D eigenvalue weighted by Crippen LogP contribution is -2.13. The van der Waals surface area contributed by atoms with Gasteiger partial charge in [0.2, 0.25) is 0 Å². The highest BCUT2D eigenvalue weighted by molar-refractivity contribution is 6.22. The molecule has 0 unspecified atom stereocenters. The minimum Gasteiger partial charge on any atom is -0.279 e. The summed E-state index contributed by atoms with van der Waals surface area (Å²) in [4.78, 5) is 32.9. The number of fused-ring (bicyclic) bond motifs is 2. The molecule has 0 bridgehead atoms. The number of nitrogens with zero attached hydrogens (tertiary/aromatic N) is 8. The van der Waals surface area contributed by atoms with Gasteiger partial charge in [0.1, 0.15) is 23.3 Å². The topological polar surface area (TPSA) is 83.8 Å². The van der Waals surface area contributed by atoms with E-state index < -0.39 is 0 Å². The highest BCUT2D eigenvalue weighted by Gasteiger charge is 2.23. The maximum absolute atomic E-state index is 4.94. The molecule has 3 aromatic carbocycles. The zero-order valence-corrected chi connectivity index (χ0v) is 27.9. The summed E-state index contributed by atoms with van der Waals surface area (Å²) in [5, 5.41) is 4.13. The van der Waals surface area contributed by atoms with E-state index in [0.29, 0.717) is 0 Å². The average Bonchev–Trinajstić information content (AvgIpc) is 3.22. The number of hydrogen-bond acceptors (Lipinski definition) is 8. The van der Waals surface area contributed by atoms with Crippen LogP contribution in [0, 0.1) is 0 Å². The normalized spacial score (nSPS) is 11.1. The number of pyridine rings is 6. The van der Waals surface area contributed by atoms with Gasteiger partial charge in [-0.3, -0.25) is 19.8 Å². The van der Waals surface area contributed by atoms with Gasteiger partial charge in [-0.2, -0.15) is 0 Å². The van der Waals surface area contributed by atoms with Crippen molar-refractivity contribution in [1.82, 2.24) is 29.9 Å². The molecule has 6 heterocycles. The average molecular weight is 671 g/mol. The molecule has 52 heavy (non-hydrogen) atoms. The lowest BCUT2D eigenvalue weighted by Gasteiger charge is -2.26. The van der Waals surface area contributed by atoms with Gasteiger partial charge in [-0.25, -0.2) is 19.9 Å². The monoisotopic (exact) mass is 670 g/mol. The van der Waals surface area contributed by atoms with Crippen LogP contribution in [0.2, 0.25) is 0 Å². The Morgan fingerprint density at radius 2 is 0.615 bits per heavy atom. The molecular weight excluding hydrogens is 641 g/mol. The first-order valence-corrected chi connectivity index (χ1v) is 16.9. The van der Waals surface area contributed by atoms with E-state index in [1.54, 1.807) is 24.8 Å². The Hall–Kier alpha value is -7.32. The van der Waals surface area contributed by atoms with E-state index in [1.807, 2.05) is 109 Å². The Morgan fingerprint density at radius 3 is 0.923 bits per heavy atom. The third kappa shape index (κ3) is 5.64. The van der Waals surface area contributed by atoms with Crippen molar-refractivity contribution >= 4 is 56.2 Å². The van der Waals surface area contributed by atoms with Crippen LogP contribution in [0.25, 0.3) is 44.1 Å². The molecule has 0 spiro atoms. The minimum absolute atomic E-state index is 0.759. The summed E-state index contributed by atoms with van der Waals surface area (Å²) in [7, 11) is 0. The van der Waals surface area contributed by atoms with Crippen molar-refractivity contribution in [3.05, 3.63) is 183 Å². The van der Waals surface area contributed by atoms with Gasteiger partial charge < -0.3 is 0 Å². The molecule has 0 aliphatic carbocycles. The second-order valence-electron chi connectivity index (χ2n) is 12.1. The number of hydrogen-bond donors (Lipinski definition) is 0. The molecule has 0 N–H and O–H groups in total. The zero-order valence-electron chi connectivity index (χ0n) is 27.9. The third-order valence-corrected chi connectivity index (χ3v) is 8.96. The minimum atomic E-state index is 0.759. The molecule has 0 fully saturated rings. The van der Waals surface area contributed by atoms with Crippen LogP contribution < -0.4 is 9.80 Å². The van der Waals surface area contributed by atoms with Crippen LogP contribution in [-0.4, -0.2) is 29.9 Å². The fourth-order valence-electron chi connectivity index (χ4n) is 6.76. The van der Waals surface area contributed by atoms with E-state index in [2.05, 4.69) is 58.3 Å². The maximum atomic E-state index is 4.94. The quantitative estimate of drug-likeness (QED) is 0.148. The van der Waals surface area contributed by atoms with Crippen LogP contribution in [0.1, 0.15) is 0 Å². The molecule has 9 rings (SSSR count). The number of rotatable bonds is 8. The van der Waals surface area contributed by atoms with Gasteiger partial charge in [0.15, 0.2) is 0 Å². The molecule has 0 atom stereocenters. The lowest BCUT2D eigenvalue weighted by molar-refractivity contribution is 1.13. The van der Waals surface area contributed by atoms with Crippen molar-refractivity contribution in [2.45, 2.75) is 0 Å². The summed E-state index contributed by atoms with van der Waals surface area (Å²) in [6, 6.07) is 48.8. The largest absolute Gasteiger partial charge is 0.279 e. The number of aromatic nitrogens is 6. The molecule has 0 saturated carbocycles. The van der Waals surface area contributed by atoms with Crippen LogP contribution in [0.3, 0.4) is 0 Å². The summed E-state index contributed by atoms with van der Waals surface area (Å²) in [6.07, 6.45) is 10.9. The predicted octanol–water partition coefficient (Wildman–Crippen LogP) is 10.6. The Labute approximate surface area is 300 Å². The SMILES string of the molecule is c1ccc(-c2c3ccc(N(c4ccccn4)c4ccccn4)cc3c(-c3ccccn3)c3cc(N(c4ccccn4)c4ccccn4)ccc23)nc1. The van der Waals surface area contributed by atoms with E-state index in [4.69, 9.17) is 29.9 Å². The maximum Gasteiger partial charge on any atom is 0.138 e. The van der Waals surface area contributed by atoms with Crippen molar-refractivity contribution in [2.75, 3.05) is 9.80 Å². The summed E-state index contributed by atoms with van der Waals surface area (Å²) in [5.41, 5.74) is 5.58. The first kappa shape index (κ1) is 30.7. The Bertz CT molecular complexity index is 2390. The van der Waals surface area contributed by atoms with Crippen molar-refractivity contribution < 1.29 is 0 Å². The lowest BCUT2D eigenvalue weighted by atomic mass is 9.88. The molecule has 0 aliphatic heterocycles. The van der Waals surface area contributed by atoms with E-state index >= 15 is 0 Å². The van der Waals surface area contributed by atoms with Crippen molar-refractivity contribution in [3.8, 4) is 22.5 Å². The van der Waals surface area contributed by atoms with E-state index in [1.165, 1.54) is 0 Å². The van der Waals surface area contributed by atoms with Gasteiger partial charge in [0.05, 0.1) is 11.4 Å². The molecule has 0 saturated heterocycles. The second-order valence-corrected chi connectivity index (χ2v) is 12.1. The fourth-order valence-corrected chi connectivity index (χ4v) is 6.76. The fraction of sp³-hybridized carbons (Fsp3) is 0. The summed E-state index contributed by atoms with van der Waals surface area (Å²) in [6.45, 7) is 0. The molecule has 0 amide bonds. The first-order valence-electron chi connectivity index (χ1n) is 16.9. The summed E-state index contributed by atoms with van der Waals surface area (Å²) < 4.78 is 0. The standard InChI is InChI=1S/C44H30N8/c1-7-23-45-37(13-1)43-33-21-19-31(51(39-15-3-9-25-47-39)40-16-4-10-26-48-40)29-35(33)44(38-14-2-8-24-46-38)36-30-32(20-22-34(36)43)52(41-17-5-11-27-49-41)42-18-6-12-28-50-42/h1-30H. The zero-order chi connectivity index (χ0) is 34.7. The van der Waals surface area contributed by atoms with Gasteiger partial charge in [-0.05, 0) is 119 Å². The molecule has 8 nitrogen and oxygen atoms in total. The smallest absolute Gasteiger partial charge is 0.138 e. The molecule has 0 radical (unpaired) electrons. The van der Waals surface area contributed by atoms with Crippen molar-refractivity contribution in [2.24, 2.45) is 0 Å². The van der Waals surface area contributed by atoms with E-state index in [9.17, 15) is 0 Å². The van der Waals surface area contributed by atoms with Crippen LogP contribution in [0.5, 0.6) is 0 Å². The number of benzene rings is 3. The van der Waals surface area contributed by atoms with E-state index in [-0.39, 0.29) is 0 Å². The van der Waals surface area contributed by atoms with Gasteiger partial charge in [-0.15, -0.1) is 0 Å². The predicted molar refractivity (Wildman–Crippen MR) is 208 cm³/mol. The Kier molecular flexibility index (Phi) is 7.99. The first-order chi connectivity index (χ1) is 25.8.